The topological polar surface area (TPSA) is 104 Å². The molecular weight excluding hydrogens is 259 g/mol. The van der Waals surface area contributed by atoms with Gasteiger partial charge in [0.2, 0.25) is 0 Å². The van der Waals surface area contributed by atoms with Crippen molar-refractivity contribution in [3.8, 4) is 0 Å². The largest absolute Gasteiger partial charge is 0.466 e. The molecule has 1 aliphatic carbocycles. The number of aliphatic hydroxyl groups excluding tert-OH is 2. The minimum absolute atomic E-state index is 0.293. The molecule has 1 fully saturated rings. The van der Waals surface area contributed by atoms with Crippen molar-refractivity contribution >= 4 is 14.4 Å². The number of hydrogen-bond donors (Lipinski definition) is 3. The van der Waals surface area contributed by atoms with E-state index in [1.807, 2.05) is 0 Å². The lowest BCUT2D eigenvalue weighted by Gasteiger charge is -2.32. The third kappa shape index (κ3) is 5.87. The average Bonchev–Trinajstić information content (AvgIpc) is 2.44. The summed E-state index contributed by atoms with van der Waals surface area (Å²) in [4.78, 5) is 11.4. The molecule has 1 aliphatic rings. The highest BCUT2D eigenvalue weighted by atomic mass is 31.1. The summed E-state index contributed by atoms with van der Waals surface area (Å²) in [6.45, 7) is 2.01. The van der Waals surface area contributed by atoms with E-state index in [2.05, 4.69) is 0 Å². The predicted octanol–water partition coefficient (Wildman–Crippen LogP) is 0.937. The molecule has 2 atom stereocenters. The highest BCUT2D eigenvalue weighted by molar-refractivity contribution is 7.25. The van der Waals surface area contributed by atoms with Gasteiger partial charge in [0.25, 0.3) is 0 Å². The molecule has 0 radical (unpaired) electrons. The molecule has 18 heavy (non-hydrogen) atoms. The van der Waals surface area contributed by atoms with Crippen molar-refractivity contribution in [3.05, 3.63) is 0 Å². The first-order valence-electron chi connectivity index (χ1n) is 5.77. The fourth-order valence-corrected chi connectivity index (χ4v) is 2.41. The lowest BCUT2D eigenvalue weighted by Crippen LogP contribution is -2.41. The Morgan fingerprint density at radius 3 is 2.33 bits per heavy atom. The monoisotopic (exact) mass is 282 g/mol. The van der Waals surface area contributed by atoms with E-state index in [0.29, 0.717) is 19.4 Å². The van der Waals surface area contributed by atoms with E-state index in [-0.39, 0.29) is 8.46 Å². The van der Waals surface area contributed by atoms with Gasteiger partial charge < -0.3 is 20.1 Å². The van der Waals surface area contributed by atoms with Crippen LogP contribution in [0.2, 0.25) is 0 Å². The first-order valence-corrected chi connectivity index (χ1v) is 6.58. The third-order valence-corrected chi connectivity index (χ3v) is 3.43. The molecule has 0 aliphatic heterocycles. The van der Waals surface area contributed by atoms with Gasteiger partial charge in [-0.25, -0.2) is 0 Å². The van der Waals surface area contributed by atoms with Crippen LogP contribution in [-0.2, 0) is 14.1 Å². The molecule has 0 aromatic carbocycles. The van der Waals surface area contributed by atoms with Crippen molar-refractivity contribution in [2.45, 2.75) is 37.9 Å². The Kier molecular flexibility index (Phi) is 12.7. The van der Waals surface area contributed by atoms with Gasteiger partial charge in [0, 0.05) is 14.2 Å². The molecule has 0 aromatic heterocycles. The maximum Gasteiger partial charge on any atom is 0.312 e. The first kappa shape index (κ1) is 19.8. The molecular formula is C11H23O6P. The van der Waals surface area contributed by atoms with Crippen LogP contribution in [0.25, 0.3) is 0 Å². The van der Waals surface area contributed by atoms with Gasteiger partial charge in [-0.05, 0) is 26.2 Å². The van der Waals surface area contributed by atoms with E-state index in [9.17, 15) is 14.5 Å². The fraction of sp³-hybridized carbons (Fsp3) is 0.909. The number of rotatable bonds is 3. The molecule has 6 nitrogen and oxygen atoms in total. The lowest BCUT2D eigenvalue weighted by atomic mass is 9.86. The highest BCUT2D eigenvalue weighted by Crippen LogP contribution is 2.41. The smallest absolute Gasteiger partial charge is 0.312 e. The Morgan fingerprint density at radius 2 is 1.89 bits per heavy atom. The number of esters is 1. The Bertz CT molecular complexity index is 236. The summed E-state index contributed by atoms with van der Waals surface area (Å²) in [5.41, 5.74) is 0. The van der Waals surface area contributed by atoms with Gasteiger partial charge >= 0.3 is 5.97 Å². The van der Waals surface area contributed by atoms with Crippen LogP contribution in [0.5, 0.6) is 0 Å². The van der Waals surface area contributed by atoms with E-state index < -0.39 is 17.2 Å². The molecule has 3 N–H and O–H groups in total. The van der Waals surface area contributed by atoms with Gasteiger partial charge in [0.1, 0.15) is 0 Å². The second-order valence-corrected chi connectivity index (χ2v) is 4.48. The van der Waals surface area contributed by atoms with Crippen molar-refractivity contribution in [1.29, 1.82) is 0 Å². The van der Waals surface area contributed by atoms with Gasteiger partial charge in [0.15, 0.2) is 13.8 Å². The summed E-state index contributed by atoms with van der Waals surface area (Å²) in [7, 11) is 1.63. The fourth-order valence-electron chi connectivity index (χ4n) is 1.80. The van der Waals surface area contributed by atoms with Crippen molar-refractivity contribution < 1.29 is 29.4 Å². The quantitative estimate of drug-likeness (QED) is 0.525. The van der Waals surface area contributed by atoms with Crippen LogP contribution in [-0.4, -0.2) is 47.5 Å². The summed E-state index contributed by atoms with van der Waals surface area (Å²) in [5.74, 6) is -1.06. The standard InChI is InChI=1S/C9H15O4P.2CH4O/c1-2-13-8(10)7-5-3-4-6-9(7,11)14-12;2*1-2/h7,11H,2-6H2,1H3;2*2H,1H3. The van der Waals surface area contributed by atoms with Crippen molar-refractivity contribution in [2.75, 3.05) is 20.8 Å². The average molecular weight is 282 g/mol. The SMILES string of the molecule is CCOC(=O)C1CCCCC1(O)P=O.CO.CO. The van der Waals surface area contributed by atoms with Crippen molar-refractivity contribution in [3.63, 3.8) is 0 Å². The molecule has 0 aromatic rings. The molecule has 108 valence electrons. The zero-order chi connectivity index (χ0) is 14.6. The molecule has 0 saturated heterocycles. The zero-order valence-electron chi connectivity index (χ0n) is 11.1. The minimum atomic E-state index is -1.40. The number of ether oxygens (including phenoxy) is 1. The van der Waals surface area contributed by atoms with Gasteiger partial charge in [-0.1, -0.05) is 6.42 Å². The Hall–Kier alpha value is -0.550. The van der Waals surface area contributed by atoms with E-state index in [1.165, 1.54) is 0 Å². The maximum atomic E-state index is 11.4. The van der Waals surface area contributed by atoms with E-state index in [0.717, 1.165) is 27.1 Å². The van der Waals surface area contributed by atoms with Crippen molar-refractivity contribution in [2.24, 2.45) is 5.92 Å². The first-order chi connectivity index (χ1) is 8.64. The Balaban J connectivity index is 0. The van der Waals surface area contributed by atoms with E-state index >= 15 is 0 Å². The molecule has 0 bridgehead atoms. The van der Waals surface area contributed by atoms with Crippen LogP contribution < -0.4 is 0 Å². The van der Waals surface area contributed by atoms with Crippen LogP contribution in [0.3, 0.4) is 0 Å². The van der Waals surface area contributed by atoms with E-state index in [4.69, 9.17) is 14.9 Å². The number of aliphatic hydroxyl groups is 3. The Labute approximate surface area is 109 Å². The molecule has 1 rings (SSSR count). The zero-order valence-corrected chi connectivity index (χ0v) is 12.0. The molecule has 2 unspecified atom stereocenters. The molecule has 7 heteroatoms. The van der Waals surface area contributed by atoms with Crippen LogP contribution in [0.15, 0.2) is 0 Å². The molecule has 0 spiro atoms. The normalized spacial score (nSPS) is 26.2. The second kappa shape index (κ2) is 11.5. The lowest BCUT2D eigenvalue weighted by molar-refractivity contribution is -0.155. The van der Waals surface area contributed by atoms with Gasteiger partial charge in [-0.15, -0.1) is 0 Å². The highest BCUT2D eigenvalue weighted by Gasteiger charge is 2.45. The van der Waals surface area contributed by atoms with Crippen LogP contribution >= 0.6 is 8.46 Å². The predicted molar refractivity (Wildman–Crippen MR) is 67.4 cm³/mol. The molecule has 0 heterocycles. The maximum absolute atomic E-state index is 11.4. The summed E-state index contributed by atoms with van der Waals surface area (Å²) >= 11 is 0. The summed E-state index contributed by atoms with van der Waals surface area (Å²) < 4.78 is 15.7. The number of carbonyl (C=O) groups is 1. The van der Waals surface area contributed by atoms with Gasteiger partial charge in [0.05, 0.1) is 12.5 Å². The molecule has 0 amide bonds. The summed E-state index contributed by atoms with van der Waals surface area (Å²) in [6, 6.07) is 0. The third-order valence-electron chi connectivity index (χ3n) is 2.57. The minimum Gasteiger partial charge on any atom is -0.466 e. The van der Waals surface area contributed by atoms with Gasteiger partial charge in [-0.2, -0.15) is 0 Å². The molecule has 1 saturated carbocycles. The van der Waals surface area contributed by atoms with Crippen LogP contribution in [0.4, 0.5) is 0 Å². The van der Waals surface area contributed by atoms with Crippen LogP contribution in [0.1, 0.15) is 32.6 Å². The van der Waals surface area contributed by atoms with Gasteiger partial charge in [-0.3, -0.25) is 9.36 Å². The van der Waals surface area contributed by atoms with Crippen LogP contribution in [0, 0.1) is 5.92 Å². The number of carbonyl (C=O) groups excluding carboxylic acids is 1. The second-order valence-electron chi connectivity index (χ2n) is 3.52. The summed E-state index contributed by atoms with van der Waals surface area (Å²) in [5, 5.41) is 22.5. The summed E-state index contributed by atoms with van der Waals surface area (Å²) in [6.07, 6.45) is 2.65. The van der Waals surface area contributed by atoms with E-state index in [1.54, 1.807) is 6.92 Å². The van der Waals surface area contributed by atoms with Crippen molar-refractivity contribution in [1.82, 2.24) is 0 Å². The number of hydrogen-bond acceptors (Lipinski definition) is 6. The Morgan fingerprint density at radius 1 is 1.33 bits per heavy atom.